The van der Waals surface area contributed by atoms with Crippen LogP contribution in [0.2, 0.25) is 0 Å². The number of carbonyl (C=O) groups excluding carboxylic acids is 2. The van der Waals surface area contributed by atoms with Crippen molar-refractivity contribution in [1.29, 1.82) is 0 Å². The lowest BCUT2D eigenvalue weighted by molar-refractivity contribution is -0.461. The number of ether oxygens (including phenoxy) is 2. The highest BCUT2D eigenvalue weighted by atomic mass is 19.4. The van der Waals surface area contributed by atoms with E-state index in [2.05, 4.69) is 9.47 Å². The van der Waals surface area contributed by atoms with Gasteiger partial charge in [0.2, 0.25) is 0 Å². The molecule has 6 nitrogen and oxygen atoms in total. The van der Waals surface area contributed by atoms with E-state index >= 15 is 0 Å². The van der Waals surface area contributed by atoms with Crippen molar-refractivity contribution in [2.24, 2.45) is 0 Å². The first-order valence-corrected chi connectivity index (χ1v) is 9.88. The van der Waals surface area contributed by atoms with E-state index in [9.17, 15) is 97.4 Å². The molecular weight excluding hydrogens is 664 g/mol. The molecule has 0 saturated carbocycles. The predicted octanol–water partition coefficient (Wildman–Crippen LogP) is 7.10. The van der Waals surface area contributed by atoms with Crippen molar-refractivity contribution in [3.63, 3.8) is 0 Å². The lowest BCUT2D eigenvalue weighted by Gasteiger charge is -2.42. The second kappa shape index (κ2) is 12.0. The summed E-state index contributed by atoms with van der Waals surface area (Å²) in [6.07, 6.45) is -22.7. The van der Waals surface area contributed by atoms with Crippen molar-refractivity contribution in [2.45, 2.75) is 73.1 Å². The van der Waals surface area contributed by atoms with Gasteiger partial charge in [-0.25, -0.2) is 20.4 Å². The zero-order chi connectivity index (χ0) is 34.0. The summed E-state index contributed by atoms with van der Waals surface area (Å²) < 4.78 is 267. The molecule has 250 valence electrons. The zero-order valence-corrected chi connectivity index (χ0v) is 19.2. The topological polar surface area (TPSA) is 76.7 Å². The largest absolute Gasteiger partial charge is 0.460 e. The first kappa shape index (κ1) is 39.1. The van der Waals surface area contributed by atoms with Gasteiger partial charge in [0.1, 0.15) is 6.61 Å². The van der Waals surface area contributed by atoms with Gasteiger partial charge in [-0.3, -0.25) is 0 Å². The van der Waals surface area contributed by atoms with Crippen LogP contribution < -0.4 is 10.9 Å². The molecule has 0 radical (unpaired) electrons. The van der Waals surface area contributed by atoms with Crippen LogP contribution in [-0.2, 0) is 9.47 Å². The second-order valence-electron chi connectivity index (χ2n) is 7.64. The maximum Gasteiger partial charge on any atom is 0.460 e. The molecule has 42 heavy (non-hydrogen) atoms. The fourth-order valence-corrected chi connectivity index (χ4v) is 2.25. The van der Waals surface area contributed by atoms with Crippen molar-refractivity contribution in [3.05, 3.63) is 0 Å². The monoisotopic (exact) mass is 676 g/mol. The van der Waals surface area contributed by atoms with Crippen molar-refractivity contribution in [2.75, 3.05) is 13.2 Å². The van der Waals surface area contributed by atoms with E-state index in [4.69, 9.17) is 0 Å². The van der Waals surface area contributed by atoms with Crippen LogP contribution in [0.15, 0.2) is 0 Å². The van der Waals surface area contributed by atoms with Gasteiger partial charge in [-0.1, -0.05) is 0 Å². The summed E-state index contributed by atoms with van der Waals surface area (Å²) in [4.78, 5) is 22.0. The lowest BCUT2D eigenvalue weighted by atomic mass is 9.88. The van der Waals surface area contributed by atoms with E-state index in [1.165, 1.54) is 5.43 Å². The fraction of sp³-hybridized carbons (Fsp3) is 0.875. The van der Waals surface area contributed by atoms with Crippen molar-refractivity contribution in [1.82, 2.24) is 10.9 Å². The van der Waals surface area contributed by atoms with Gasteiger partial charge < -0.3 is 9.47 Å². The Bertz CT molecular complexity index is 945. The van der Waals surface area contributed by atoms with E-state index in [-0.39, 0.29) is 0 Å². The highest BCUT2D eigenvalue weighted by molar-refractivity contribution is 5.73. The maximum absolute atomic E-state index is 13.7. The molecule has 0 atom stereocenters. The molecule has 26 heteroatoms. The normalized spacial score (nSPS) is 14.9. The van der Waals surface area contributed by atoms with Crippen LogP contribution in [0.1, 0.15) is 19.3 Å². The Morgan fingerprint density at radius 2 is 0.786 bits per heavy atom. The molecule has 0 heterocycles. The first-order chi connectivity index (χ1) is 18.2. The molecule has 0 bridgehead atoms. The van der Waals surface area contributed by atoms with Gasteiger partial charge in [0.15, 0.2) is 0 Å². The molecule has 0 saturated heterocycles. The highest BCUT2D eigenvalue weighted by Crippen LogP contribution is 2.64. The molecule has 2 amide bonds. The number of hydrogen-bond donors (Lipinski definition) is 2. The number of hydrazine groups is 1. The molecule has 0 unspecified atom stereocenters. The minimum atomic E-state index is -8.76. The number of halogens is 20. The molecule has 0 aliphatic heterocycles. The van der Waals surface area contributed by atoms with E-state index in [1.807, 2.05) is 0 Å². The second-order valence-corrected chi connectivity index (χ2v) is 7.64. The van der Waals surface area contributed by atoms with Crippen LogP contribution in [0.3, 0.4) is 0 Å². The molecule has 0 aromatic rings. The van der Waals surface area contributed by atoms with Crippen molar-refractivity contribution in [3.8, 4) is 0 Å². The fourth-order valence-electron chi connectivity index (χ4n) is 2.25. The van der Waals surface area contributed by atoms with Gasteiger partial charge in [0.05, 0.1) is 13.0 Å². The maximum atomic E-state index is 13.7. The van der Waals surface area contributed by atoms with Crippen LogP contribution in [-0.4, -0.2) is 79.2 Å². The third-order valence-electron chi connectivity index (χ3n) is 4.54. The number of alkyl halides is 20. The Hall–Kier alpha value is -2.86. The van der Waals surface area contributed by atoms with E-state index in [0.717, 1.165) is 5.43 Å². The Morgan fingerprint density at radius 3 is 1.14 bits per heavy atom. The Balaban J connectivity index is 5.48. The zero-order valence-electron chi connectivity index (χ0n) is 19.2. The van der Waals surface area contributed by atoms with Gasteiger partial charge in [-0.05, 0) is 6.42 Å². The smallest absolute Gasteiger partial charge is 0.448 e. The summed E-state index contributed by atoms with van der Waals surface area (Å²) in [5.41, 5.74) is 2.31. The van der Waals surface area contributed by atoms with E-state index in [1.54, 1.807) is 0 Å². The predicted molar refractivity (Wildman–Crippen MR) is 89.6 cm³/mol. The third-order valence-corrected chi connectivity index (χ3v) is 4.54. The number of nitrogens with one attached hydrogen (secondary N) is 2. The van der Waals surface area contributed by atoms with Crippen LogP contribution in [0.25, 0.3) is 0 Å². The quantitative estimate of drug-likeness (QED) is 0.132. The number of amides is 2. The van der Waals surface area contributed by atoms with Crippen molar-refractivity contribution < 1.29 is 107 Å². The van der Waals surface area contributed by atoms with Crippen LogP contribution in [0, 0.1) is 0 Å². The summed E-state index contributed by atoms with van der Waals surface area (Å²) in [7, 11) is 0. The molecular formula is C16H12F20N2O4. The Labute approximate surface area is 217 Å². The standard InChI is InChI=1S/C16H12F20N2O4/c17-8(18,2-1-4-41-6(39)37-38-7(40)42-5-3-9(19,20)21)10(22,23)11(24,25)12(26,27)13(28,29)14(30,31)15(32,33)16(34,35)36/h1-5H2,(H,37,39)(H,38,40). The minimum Gasteiger partial charge on any atom is -0.448 e. The lowest BCUT2D eigenvalue weighted by Crippen LogP contribution is -2.74. The molecule has 0 fully saturated rings. The summed E-state index contributed by atoms with van der Waals surface area (Å²) in [5, 5.41) is 0. The number of hydrogen-bond acceptors (Lipinski definition) is 4. The average molecular weight is 676 g/mol. The van der Waals surface area contributed by atoms with Crippen molar-refractivity contribution >= 4 is 12.2 Å². The van der Waals surface area contributed by atoms with E-state index in [0.29, 0.717) is 0 Å². The van der Waals surface area contributed by atoms with E-state index < -0.39 is 98.5 Å². The molecule has 0 aliphatic rings. The summed E-state index contributed by atoms with van der Waals surface area (Å²) in [5.74, 6) is -57.4. The Morgan fingerprint density at radius 1 is 0.452 bits per heavy atom. The van der Waals surface area contributed by atoms with Crippen LogP contribution >= 0.6 is 0 Å². The molecule has 0 spiro atoms. The summed E-state index contributed by atoms with van der Waals surface area (Å²) in [6, 6.07) is 0. The summed E-state index contributed by atoms with van der Waals surface area (Å²) >= 11 is 0. The van der Waals surface area contributed by atoms with Gasteiger partial charge in [-0.15, -0.1) is 0 Å². The molecule has 0 aliphatic carbocycles. The van der Waals surface area contributed by atoms with Gasteiger partial charge in [-0.2, -0.15) is 87.8 Å². The third kappa shape index (κ3) is 7.55. The summed E-state index contributed by atoms with van der Waals surface area (Å²) in [6.45, 7) is -2.90. The molecule has 0 aromatic carbocycles. The minimum absolute atomic E-state index is 1.14. The SMILES string of the molecule is O=C(NNC(=O)OCCC(F)(F)F)OCCCC(F)(F)C(F)(F)C(F)(F)C(F)(F)C(F)(F)C(F)(F)C(F)(F)C(F)(F)F. The molecule has 0 aromatic heterocycles. The first-order valence-electron chi connectivity index (χ1n) is 9.88. The van der Waals surface area contributed by atoms with Crippen LogP contribution in [0.5, 0.6) is 0 Å². The highest BCUT2D eigenvalue weighted by Gasteiger charge is 2.95. The number of rotatable bonds is 12. The van der Waals surface area contributed by atoms with Gasteiger partial charge in [0, 0.05) is 6.42 Å². The Kier molecular flexibility index (Phi) is 11.2. The number of carbonyl (C=O) groups is 2. The molecule has 2 N–H and O–H groups in total. The van der Waals surface area contributed by atoms with Gasteiger partial charge in [0.25, 0.3) is 0 Å². The molecule has 0 rings (SSSR count). The van der Waals surface area contributed by atoms with Crippen LogP contribution in [0.4, 0.5) is 97.4 Å². The average Bonchev–Trinajstić information content (AvgIpc) is 2.78. The van der Waals surface area contributed by atoms with Gasteiger partial charge >= 0.3 is 66.0 Å².